The van der Waals surface area contributed by atoms with Gasteiger partial charge in [0.2, 0.25) is 5.91 Å². The molecule has 7 nitrogen and oxygen atoms in total. The number of carboxylic acid groups (broad SMARTS) is 1. The normalized spacial score (nSPS) is 11.7. The second-order valence-electron chi connectivity index (χ2n) is 3.63. The van der Waals surface area contributed by atoms with Crippen LogP contribution >= 0.6 is 0 Å². The van der Waals surface area contributed by atoms with Crippen LogP contribution in [0.5, 0.6) is 0 Å². The van der Waals surface area contributed by atoms with E-state index in [4.69, 9.17) is 9.84 Å². The average Bonchev–Trinajstić information content (AvgIpc) is 2.33. The van der Waals surface area contributed by atoms with E-state index in [-0.39, 0.29) is 19.4 Å². The summed E-state index contributed by atoms with van der Waals surface area (Å²) in [4.78, 5) is 33.1. The number of hydrogen-bond acceptors (Lipinski definition) is 5. The Labute approximate surface area is 105 Å². The van der Waals surface area contributed by atoms with Crippen LogP contribution < -0.4 is 5.32 Å². The van der Waals surface area contributed by atoms with Crippen molar-refractivity contribution in [3.63, 3.8) is 0 Å². The summed E-state index contributed by atoms with van der Waals surface area (Å²) in [5, 5.41) is 11.2. The van der Waals surface area contributed by atoms with E-state index >= 15 is 0 Å². The first-order valence-corrected chi connectivity index (χ1v) is 5.68. The van der Waals surface area contributed by atoms with Crippen molar-refractivity contribution in [1.29, 1.82) is 0 Å². The molecule has 0 saturated heterocycles. The second kappa shape index (κ2) is 9.41. The van der Waals surface area contributed by atoms with Gasteiger partial charge < -0.3 is 19.9 Å². The first-order valence-electron chi connectivity index (χ1n) is 5.68. The molecule has 7 heteroatoms. The largest absolute Gasteiger partial charge is 0.480 e. The number of esters is 1. The smallest absolute Gasteiger partial charge is 0.326 e. The molecule has 2 N–H and O–H groups in total. The Bertz CT molecular complexity index is 291. The number of ether oxygens (including phenoxy) is 2. The van der Waals surface area contributed by atoms with Gasteiger partial charge in [0.1, 0.15) is 12.6 Å². The van der Waals surface area contributed by atoms with E-state index in [1.165, 1.54) is 7.11 Å². The van der Waals surface area contributed by atoms with Crippen LogP contribution in [0.25, 0.3) is 0 Å². The molecule has 0 saturated carbocycles. The Morgan fingerprint density at radius 1 is 1.33 bits per heavy atom. The first kappa shape index (κ1) is 16.4. The molecule has 0 aliphatic carbocycles. The maximum Gasteiger partial charge on any atom is 0.326 e. The minimum absolute atomic E-state index is 0.0124. The zero-order chi connectivity index (χ0) is 14.0. The predicted molar refractivity (Wildman–Crippen MR) is 61.9 cm³/mol. The third-order valence-corrected chi connectivity index (χ3v) is 2.08. The minimum Gasteiger partial charge on any atom is -0.480 e. The molecule has 0 rings (SSSR count). The molecule has 0 bridgehead atoms. The van der Waals surface area contributed by atoms with E-state index in [9.17, 15) is 14.4 Å². The Kier molecular flexibility index (Phi) is 8.55. The van der Waals surface area contributed by atoms with Crippen LogP contribution in [0.4, 0.5) is 0 Å². The van der Waals surface area contributed by atoms with Gasteiger partial charge in [0, 0.05) is 13.0 Å². The molecule has 1 unspecified atom stereocenters. The van der Waals surface area contributed by atoms with Crippen molar-refractivity contribution in [3.8, 4) is 0 Å². The number of hydrogen-bond donors (Lipinski definition) is 2. The summed E-state index contributed by atoms with van der Waals surface area (Å²) in [7, 11) is 1.22. The average molecular weight is 261 g/mol. The fraction of sp³-hybridized carbons (Fsp3) is 0.727. The van der Waals surface area contributed by atoms with Crippen LogP contribution in [-0.4, -0.2) is 49.3 Å². The summed E-state index contributed by atoms with van der Waals surface area (Å²) in [6.07, 6.45) is 0.697. The molecule has 0 aliphatic heterocycles. The minimum atomic E-state index is -1.19. The highest BCUT2D eigenvalue weighted by Crippen LogP contribution is 1.99. The van der Waals surface area contributed by atoms with Gasteiger partial charge in [-0.2, -0.15) is 0 Å². The van der Waals surface area contributed by atoms with Gasteiger partial charge in [-0.05, 0) is 12.8 Å². The molecule has 0 fully saturated rings. The van der Waals surface area contributed by atoms with Gasteiger partial charge in [-0.1, -0.05) is 6.92 Å². The second-order valence-corrected chi connectivity index (χ2v) is 3.63. The molecule has 0 heterocycles. The highest BCUT2D eigenvalue weighted by Gasteiger charge is 2.21. The van der Waals surface area contributed by atoms with Gasteiger partial charge in [-0.3, -0.25) is 9.59 Å². The number of methoxy groups -OCH3 is 1. The maximum atomic E-state index is 11.3. The number of rotatable bonds is 9. The molecule has 1 amide bonds. The lowest BCUT2D eigenvalue weighted by atomic mass is 10.1. The van der Waals surface area contributed by atoms with E-state index in [0.717, 1.165) is 6.42 Å². The first-order chi connectivity index (χ1) is 8.51. The quantitative estimate of drug-likeness (QED) is 0.445. The number of carbonyl (C=O) groups excluding carboxylic acids is 2. The SMILES string of the molecule is CCCOCC(=O)NC(CCC(=O)OC)C(=O)O. The summed E-state index contributed by atoms with van der Waals surface area (Å²) in [5.74, 6) is -2.22. The monoisotopic (exact) mass is 261 g/mol. The Balaban J connectivity index is 4.06. The van der Waals surface area contributed by atoms with Crippen LogP contribution in [0.3, 0.4) is 0 Å². The zero-order valence-electron chi connectivity index (χ0n) is 10.6. The molecule has 0 aromatic carbocycles. The maximum absolute atomic E-state index is 11.3. The molecule has 104 valence electrons. The van der Waals surface area contributed by atoms with Crippen LogP contribution in [0.15, 0.2) is 0 Å². The van der Waals surface area contributed by atoms with Crippen molar-refractivity contribution < 1.29 is 29.0 Å². The van der Waals surface area contributed by atoms with Crippen molar-refractivity contribution >= 4 is 17.8 Å². The molecular formula is C11H19NO6. The number of aliphatic carboxylic acids is 1. The summed E-state index contributed by atoms with van der Waals surface area (Å²) in [5.41, 5.74) is 0. The Morgan fingerprint density at radius 3 is 2.50 bits per heavy atom. The summed E-state index contributed by atoms with van der Waals surface area (Å²) in [6.45, 7) is 2.15. The fourth-order valence-corrected chi connectivity index (χ4v) is 1.17. The van der Waals surface area contributed by atoms with Crippen LogP contribution in [-0.2, 0) is 23.9 Å². The predicted octanol–water partition coefficient (Wildman–Crippen LogP) is -0.0644. The number of carboxylic acids is 1. The van der Waals surface area contributed by atoms with E-state index in [2.05, 4.69) is 10.1 Å². The van der Waals surface area contributed by atoms with Crippen LogP contribution in [0, 0.1) is 0 Å². The molecule has 0 aromatic heterocycles. The van der Waals surface area contributed by atoms with Crippen molar-refractivity contribution in [3.05, 3.63) is 0 Å². The van der Waals surface area contributed by atoms with Gasteiger partial charge in [0.15, 0.2) is 0 Å². The highest BCUT2D eigenvalue weighted by atomic mass is 16.5. The molecule has 0 aliphatic rings. The van der Waals surface area contributed by atoms with Gasteiger partial charge in [-0.15, -0.1) is 0 Å². The lowest BCUT2D eigenvalue weighted by Gasteiger charge is -2.13. The van der Waals surface area contributed by atoms with E-state index < -0.39 is 23.9 Å². The lowest BCUT2D eigenvalue weighted by molar-refractivity contribution is -0.144. The number of carbonyl (C=O) groups is 3. The van der Waals surface area contributed by atoms with Gasteiger partial charge in [0.25, 0.3) is 0 Å². The molecule has 18 heavy (non-hydrogen) atoms. The number of nitrogens with one attached hydrogen (secondary N) is 1. The van der Waals surface area contributed by atoms with E-state index in [1.54, 1.807) is 0 Å². The van der Waals surface area contributed by atoms with E-state index in [1.807, 2.05) is 6.92 Å². The van der Waals surface area contributed by atoms with Crippen molar-refractivity contribution in [2.24, 2.45) is 0 Å². The van der Waals surface area contributed by atoms with Crippen molar-refractivity contribution in [2.45, 2.75) is 32.2 Å². The van der Waals surface area contributed by atoms with Gasteiger partial charge in [-0.25, -0.2) is 4.79 Å². The molecule has 0 aromatic rings. The lowest BCUT2D eigenvalue weighted by Crippen LogP contribution is -2.42. The van der Waals surface area contributed by atoms with Crippen molar-refractivity contribution in [1.82, 2.24) is 5.32 Å². The number of amides is 1. The third-order valence-electron chi connectivity index (χ3n) is 2.08. The topological polar surface area (TPSA) is 102 Å². The van der Waals surface area contributed by atoms with Gasteiger partial charge >= 0.3 is 11.9 Å². The third kappa shape index (κ3) is 7.61. The standard InChI is InChI=1S/C11H19NO6/c1-3-6-18-7-9(13)12-8(11(15)16)4-5-10(14)17-2/h8H,3-7H2,1-2H3,(H,12,13)(H,15,16). The van der Waals surface area contributed by atoms with Crippen LogP contribution in [0.1, 0.15) is 26.2 Å². The van der Waals surface area contributed by atoms with Crippen LogP contribution in [0.2, 0.25) is 0 Å². The van der Waals surface area contributed by atoms with Crippen molar-refractivity contribution in [2.75, 3.05) is 20.3 Å². The molecule has 0 radical (unpaired) electrons. The van der Waals surface area contributed by atoms with E-state index in [0.29, 0.717) is 6.61 Å². The Hall–Kier alpha value is -1.63. The zero-order valence-corrected chi connectivity index (χ0v) is 10.6. The summed E-state index contributed by atoms with van der Waals surface area (Å²) in [6, 6.07) is -1.11. The summed E-state index contributed by atoms with van der Waals surface area (Å²) < 4.78 is 9.37. The molecule has 1 atom stereocenters. The Morgan fingerprint density at radius 2 is 2.00 bits per heavy atom. The van der Waals surface area contributed by atoms with Gasteiger partial charge in [0.05, 0.1) is 7.11 Å². The molecule has 0 spiro atoms. The fourth-order valence-electron chi connectivity index (χ4n) is 1.17. The summed E-state index contributed by atoms with van der Waals surface area (Å²) >= 11 is 0. The highest BCUT2D eigenvalue weighted by molar-refractivity contribution is 5.84. The molecular weight excluding hydrogens is 242 g/mol.